The molecule has 0 aromatic carbocycles. The summed E-state index contributed by atoms with van der Waals surface area (Å²) in [5.74, 6) is 0. The lowest BCUT2D eigenvalue weighted by atomic mass is 10.1. The molecule has 0 aromatic rings. The third-order valence-electron chi connectivity index (χ3n) is 7.35. The standard InChI is InChI=1S/C33H88O12Si10/c1-46(2,3)38-50(13,14)42-54(21,43-51(15,16)39-47(4,5)6)28-24-23-27-37-33(30-34,31-35)32-36-26-25-29-55(22,44-52(17,18)40-48(7,8)9)45-53(19,20)41-49(10,11)12/h34-35H,23-32H2,1-22H3. The van der Waals surface area contributed by atoms with E-state index >= 15 is 0 Å². The van der Waals surface area contributed by atoms with Gasteiger partial charge in [0.25, 0.3) is 0 Å². The van der Waals surface area contributed by atoms with Gasteiger partial charge in [-0.05, 0) is 175 Å². The SMILES string of the molecule is C[Si](C)(C)O[Si](C)(C)O[Si](C)(CCCCOC(CO)(CO)COCCC[Si](C)(O[Si](C)(C)O[Si](C)(C)C)O[Si](C)(C)O[Si](C)(C)C)O[Si](C)(C)O[Si](C)(C)C. The Morgan fingerprint density at radius 2 is 0.655 bits per heavy atom. The molecule has 12 nitrogen and oxygen atoms in total. The predicted octanol–water partition coefficient (Wildman–Crippen LogP) is 9.34. The van der Waals surface area contributed by atoms with E-state index in [0.29, 0.717) is 32.1 Å². The largest absolute Gasteiger partial charge is 0.437 e. The maximum absolute atomic E-state index is 10.4. The number of aliphatic hydroxyl groups is 2. The number of hydrogen-bond donors (Lipinski definition) is 2. The van der Waals surface area contributed by atoms with Gasteiger partial charge in [0, 0.05) is 13.2 Å². The normalized spacial score (nSPS) is 15.3. The molecular formula is C33H88O12Si10. The van der Waals surface area contributed by atoms with Crippen LogP contribution < -0.4 is 0 Å². The van der Waals surface area contributed by atoms with Gasteiger partial charge >= 0.3 is 51.4 Å². The zero-order valence-corrected chi connectivity index (χ0v) is 49.5. The smallest absolute Gasteiger partial charge is 0.317 e. The van der Waals surface area contributed by atoms with Crippen LogP contribution in [0.4, 0.5) is 0 Å². The number of rotatable bonds is 30. The highest BCUT2D eigenvalue weighted by atomic mass is 28.5. The van der Waals surface area contributed by atoms with Crippen molar-refractivity contribution in [3.63, 3.8) is 0 Å². The molecule has 0 aromatic heterocycles. The summed E-state index contributed by atoms with van der Waals surface area (Å²) < 4.78 is 66.2. The van der Waals surface area contributed by atoms with E-state index in [1.807, 2.05) is 0 Å². The van der Waals surface area contributed by atoms with Gasteiger partial charge in [-0.3, -0.25) is 0 Å². The average molecular weight is 958 g/mol. The maximum atomic E-state index is 10.4. The Hall–Kier alpha value is 1.69. The summed E-state index contributed by atoms with van der Waals surface area (Å²) >= 11 is 0. The van der Waals surface area contributed by atoms with Crippen LogP contribution in [0.25, 0.3) is 0 Å². The fraction of sp³-hybridized carbons (Fsp3) is 1.00. The lowest BCUT2D eigenvalue weighted by Crippen LogP contribution is -2.59. The van der Waals surface area contributed by atoms with E-state index in [9.17, 15) is 10.2 Å². The van der Waals surface area contributed by atoms with Crippen LogP contribution in [0.1, 0.15) is 19.3 Å². The molecular weight excluding hydrogens is 869 g/mol. The molecule has 0 radical (unpaired) electrons. The van der Waals surface area contributed by atoms with Crippen molar-refractivity contribution in [2.24, 2.45) is 0 Å². The van der Waals surface area contributed by atoms with E-state index in [-0.39, 0.29) is 19.8 Å². The van der Waals surface area contributed by atoms with Gasteiger partial charge < -0.3 is 52.6 Å². The Bertz CT molecular complexity index is 975. The van der Waals surface area contributed by atoms with Gasteiger partial charge in [-0.25, -0.2) is 0 Å². The van der Waals surface area contributed by atoms with Crippen LogP contribution in [0.3, 0.4) is 0 Å². The maximum Gasteiger partial charge on any atom is 0.317 e. The van der Waals surface area contributed by atoms with Crippen molar-refractivity contribution >= 4 is 84.6 Å². The van der Waals surface area contributed by atoms with E-state index in [2.05, 4.69) is 144 Å². The van der Waals surface area contributed by atoms with Gasteiger partial charge in [0.15, 0.2) is 33.3 Å². The Morgan fingerprint density at radius 3 is 0.927 bits per heavy atom. The molecule has 0 saturated carbocycles. The van der Waals surface area contributed by atoms with Gasteiger partial charge in [-0.1, -0.05) is 0 Å². The van der Waals surface area contributed by atoms with Crippen molar-refractivity contribution in [2.45, 2.75) is 181 Å². The summed E-state index contributed by atoms with van der Waals surface area (Å²) in [6, 6.07) is 1.46. The number of unbranched alkanes of at least 4 members (excludes halogenated alkanes) is 1. The van der Waals surface area contributed by atoms with Gasteiger partial charge in [0.05, 0.1) is 19.8 Å². The van der Waals surface area contributed by atoms with E-state index < -0.39 is 90.2 Å². The molecule has 0 aliphatic rings. The molecule has 55 heavy (non-hydrogen) atoms. The number of ether oxygens (including phenoxy) is 2. The lowest BCUT2D eigenvalue weighted by molar-refractivity contribution is -0.146. The van der Waals surface area contributed by atoms with E-state index in [0.717, 1.165) is 12.5 Å². The third-order valence-corrected chi connectivity index (χ3v) is 42.3. The summed E-state index contributed by atoms with van der Waals surface area (Å²) in [6.45, 7) is 47.6. The van der Waals surface area contributed by atoms with E-state index in [4.69, 9.17) is 42.4 Å². The molecule has 0 atom stereocenters. The van der Waals surface area contributed by atoms with Crippen LogP contribution >= 0.6 is 0 Å². The molecule has 0 rings (SSSR count). The summed E-state index contributed by atoms with van der Waals surface area (Å²) in [5.41, 5.74) is -1.21. The molecule has 0 aliphatic carbocycles. The molecule has 0 aliphatic heterocycles. The molecule has 0 amide bonds. The van der Waals surface area contributed by atoms with Crippen molar-refractivity contribution in [1.82, 2.24) is 0 Å². The predicted molar refractivity (Wildman–Crippen MR) is 252 cm³/mol. The average Bonchev–Trinajstić information content (AvgIpc) is 2.84. The minimum Gasteiger partial charge on any atom is -0.437 e. The van der Waals surface area contributed by atoms with Crippen molar-refractivity contribution in [2.75, 3.05) is 33.0 Å². The summed E-state index contributed by atoms with van der Waals surface area (Å²) in [6.07, 6.45) is 2.20. The molecule has 0 bridgehead atoms. The van der Waals surface area contributed by atoms with Crippen molar-refractivity contribution in [1.29, 1.82) is 0 Å². The first-order valence-corrected chi connectivity index (χ1v) is 50.2. The Kier molecular flexibility index (Phi) is 22.3. The first kappa shape index (κ1) is 56.7. The Morgan fingerprint density at radius 1 is 0.364 bits per heavy atom. The minimum absolute atomic E-state index is 0.0677. The quantitative estimate of drug-likeness (QED) is 0.0526. The second-order valence-corrected chi connectivity index (χ2v) is 61.3. The first-order valence-electron chi connectivity index (χ1n) is 20.2. The topological polar surface area (TPSA) is 133 Å². The molecule has 0 unspecified atom stereocenters. The van der Waals surface area contributed by atoms with Crippen LogP contribution in [0, 0.1) is 0 Å². The van der Waals surface area contributed by atoms with Crippen LogP contribution in [0.15, 0.2) is 0 Å². The molecule has 2 N–H and O–H groups in total. The van der Waals surface area contributed by atoms with E-state index in [1.54, 1.807) is 0 Å². The zero-order valence-electron chi connectivity index (χ0n) is 39.5. The van der Waals surface area contributed by atoms with Crippen LogP contribution in [-0.2, 0) is 42.4 Å². The van der Waals surface area contributed by atoms with Crippen LogP contribution in [0.5, 0.6) is 0 Å². The van der Waals surface area contributed by atoms with Crippen molar-refractivity contribution in [3.05, 3.63) is 0 Å². The molecule has 0 fully saturated rings. The van der Waals surface area contributed by atoms with Crippen LogP contribution in [0.2, 0.25) is 156 Å². The molecule has 22 heteroatoms. The fourth-order valence-electron chi connectivity index (χ4n) is 7.22. The highest BCUT2D eigenvalue weighted by Gasteiger charge is 2.48. The van der Waals surface area contributed by atoms with Gasteiger partial charge in [0.1, 0.15) is 5.60 Å². The highest BCUT2D eigenvalue weighted by molar-refractivity contribution is 6.92. The highest BCUT2D eigenvalue weighted by Crippen LogP contribution is 2.32. The first-order chi connectivity index (χ1) is 24.2. The summed E-state index contributed by atoms with van der Waals surface area (Å²) in [7, 11) is -22.7. The third kappa shape index (κ3) is 28.0. The Balaban J connectivity index is 5.59. The zero-order chi connectivity index (χ0) is 43.6. The lowest BCUT2D eigenvalue weighted by Gasteiger charge is -2.43. The van der Waals surface area contributed by atoms with Gasteiger partial charge in [-0.2, -0.15) is 0 Å². The molecule has 0 spiro atoms. The monoisotopic (exact) mass is 956 g/mol. The fourth-order valence-corrected chi connectivity index (χ4v) is 54.0. The van der Waals surface area contributed by atoms with Crippen molar-refractivity contribution in [3.8, 4) is 0 Å². The second-order valence-electron chi connectivity index (χ2n) is 21.1. The van der Waals surface area contributed by atoms with E-state index in [1.165, 1.54) is 0 Å². The minimum atomic E-state index is -2.75. The Labute approximate surface area is 349 Å². The van der Waals surface area contributed by atoms with Crippen molar-refractivity contribution < 1.29 is 52.6 Å². The summed E-state index contributed by atoms with van der Waals surface area (Å²) in [4.78, 5) is 0. The molecule has 332 valence electrons. The van der Waals surface area contributed by atoms with Gasteiger partial charge in [0.2, 0.25) is 0 Å². The number of aliphatic hydroxyl groups excluding tert-OH is 2. The van der Waals surface area contributed by atoms with Crippen LogP contribution in [-0.4, -0.2) is 133 Å². The number of hydrogen-bond acceptors (Lipinski definition) is 12. The molecule has 0 heterocycles. The summed E-state index contributed by atoms with van der Waals surface area (Å²) in [5, 5.41) is 20.7. The molecule has 0 saturated heterocycles. The van der Waals surface area contributed by atoms with Gasteiger partial charge in [-0.15, -0.1) is 0 Å². The second kappa shape index (κ2) is 21.7.